The van der Waals surface area contributed by atoms with Crippen molar-refractivity contribution in [3.05, 3.63) is 44.8 Å². The number of aromatic carboxylic acids is 1. The van der Waals surface area contributed by atoms with Crippen LogP contribution in [0.2, 0.25) is 5.02 Å². The SMILES string of the molecule is Cc1cc(Cl)c2c(c1)-c1sc(C(=O)O)cc1CC2. The van der Waals surface area contributed by atoms with Gasteiger partial charge in [0.05, 0.1) is 0 Å². The van der Waals surface area contributed by atoms with Gasteiger partial charge in [-0.1, -0.05) is 17.7 Å². The van der Waals surface area contributed by atoms with Gasteiger partial charge in [-0.3, -0.25) is 0 Å². The summed E-state index contributed by atoms with van der Waals surface area (Å²) >= 11 is 7.62. The molecule has 1 aliphatic rings. The second-order valence-electron chi connectivity index (χ2n) is 4.54. The Kier molecular flexibility index (Phi) is 2.68. The maximum atomic E-state index is 11.0. The van der Waals surface area contributed by atoms with Gasteiger partial charge in [-0.25, -0.2) is 4.79 Å². The number of carboxylic acid groups (broad SMARTS) is 1. The molecular formula is C14H11ClO2S. The smallest absolute Gasteiger partial charge is 0.345 e. The molecule has 0 atom stereocenters. The molecule has 0 radical (unpaired) electrons. The highest BCUT2D eigenvalue weighted by Crippen LogP contribution is 2.42. The number of fused-ring (bicyclic) bond motifs is 3. The summed E-state index contributed by atoms with van der Waals surface area (Å²) in [4.78, 5) is 12.5. The molecule has 0 unspecified atom stereocenters. The van der Waals surface area contributed by atoms with Crippen LogP contribution in [0.4, 0.5) is 0 Å². The zero-order valence-electron chi connectivity index (χ0n) is 9.79. The van der Waals surface area contributed by atoms with Crippen LogP contribution in [0.3, 0.4) is 0 Å². The summed E-state index contributed by atoms with van der Waals surface area (Å²) in [5.74, 6) is -0.852. The van der Waals surface area contributed by atoms with Crippen molar-refractivity contribution in [1.82, 2.24) is 0 Å². The van der Waals surface area contributed by atoms with Gasteiger partial charge >= 0.3 is 5.97 Å². The Hall–Kier alpha value is -1.32. The maximum absolute atomic E-state index is 11.0. The van der Waals surface area contributed by atoms with E-state index in [0.717, 1.165) is 45.0 Å². The first-order valence-corrected chi connectivity index (χ1v) is 6.91. The van der Waals surface area contributed by atoms with Crippen molar-refractivity contribution >= 4 is 28.9 Å². The number of thiophene rings is 1. The fourth-order valence-electron chi connectivity index (χ4n) is 2.44. The van der Waals surface area contributed by atoms with Gasteiger partial charge in [0.25, 0.3) is 0 Å². The molecule has 92 valence electrons. The normalized spacial score (nSPS) is 13.0. The van der Waals surface area contributed by atoms with Crippen LogP contribution in [0.5, 0.6) is 0 Å². The van der Waals surface area contributed by atoms with Gasteiger partial charge in [-0.05, 0) is 54.2 Å². The number of benzene rings is 1. The van der Waals surface area contributed by atoms with Gasteiger partial charge in [0, 0.05) is 9.90 Å². The average molecular weight is 279 g/mol. The van der Waals surface area contributed by atoms with E-state index in [1.807, 2.05) is 13.0 Å². The Balaban J connectivity index is 2.24. The topological polar surface area (TPSA) is 37.3 Å². The van der Waals surface area contributed by atoms with Gasteiger partial charge in [-0.15, -0.1) is 11.3 Å². The molecule has 4 heteroatoms. The Morgan fingerprint density at radius 2 is 2.11 bits per heavy atom. The summed E-state index contributed by atoms with van der Waals surface area (Å²) < 4.78 is 0. The fourth-order valence-corrected chi connectivity index (χ4v) is 3.90. The average Bonchev–Trinajstić information content (AvgIpc) is 2.72. The number of hydrogen-bond acceptors (Lipinski definition) is 2. The van der Waals surface area contributed by atoms with Crippen molar-refractivity contribution in [2.45, 2.75) is 19.8 Å². The lowest BCUT2D eigenvalue weighted by Crippen LogP contribution is -2.02. The molecule has 1 heterocycles. The van der Waals surface area contributed by atoms with Crippen molar-refractivity contribution in [3.63, 3.8) is 0 Å². The van der Waals surface area contributed by atoms with Crippen molar-refractivity contribution < 1.29 is 9.90 Å². The third-order valence-corrected chi connectivity index (χ3v) is 4.78. The molecule has 1 aromatic carbocycles. The number of halogens is 1. The maximum Gasteiger partial charge on any atom is 0.345 e. The van der Waals surface area contributed by atoms with Crippen molar-refractivity contribution in [1.29, 1.82) is 0 Å². The second-order valence-corrected chi connectivity index (χ2v) is 6.00. The van der Waals surface area contributed by atoms with Gasteiger partial charge in [-0.2, -0.15) is 0 Å². The van der Waals surface area contributed by atoms with E-state index >= 15 is 0 Å². The van der Waals surface area contributed by atoms with E-state index in [0.29, 0.717) is 4.88 Å². The first-order valence-electron chi connectivity index (χ1n) is 5.71. The predicted octanol–water partition coefficient (Wildman–Crippen LogP) is 4.17. The number of carboxylic acids is 1. The molecule has 0 amide bonds. The van der Waals surface area contributed by atoms with Gasteiger partial charge < -0.3 is 5.11 Å². The van der Waals surface area contributed by atoms with Crippen LogP contribution in [0, 0.1) is 6.92 Å². The lowest BCUT2D eigenvalue weighted by molar-refractivity contribution is 0.0702. The summed E-state index contributed by atoms with van der Waals surface area (Å²) in [5, 5.41) is 9.87. The molecule has 3 rings (SSSR count). The minimum atomic E-state index is -0.852. The van der Waals surface area contributed by atoms with Gasteiger partial charge in [0.1, 0.15) is 4.88 Å². The summed E-state index contributed by atoms with van der Waals surface area (Å²) in [6, 6.07) is 5.86. The Bertz CT molecular complexity index is 658. The first-order chi connectivity index (χ1) is 8.56. The fraction of sp³-hybridized carbons (Fsp3) is 0.214. The van der Waals surface area contributed by atoms with E-state index in [-0.39, 0.29) is 0 Å². The second kappa shape index (κ2) is 4.11. The molecule has 18 heavy (non-hydrogen) atoms. The molecule has 1 aromatic heterocycles. The highest BCUT2D eigenvalue weighted by Gasteiger charge is 2.23. The van der Waals surface area contributed by atoms with E-state index in [9.17, 15) is 4.79 Å². The molecular weight excluding hydrogens is 268 g/mol. The molecule has 1 N–H and O–H groups in total. The zero-order chi connectivity index (χ0) is 12.9. The molecule has 0 aliphatic heterocycles. The number of hydrogen-bond donors (Lipinski definition) is 1. The van der Waals surface area contributed by atoms with Gasteiger partial charge in [0.15, 0.2) is 0 Å². The van der Waals surface area contributed by atoms with Crippen LogP contribution in [0.15, 0.2) is 18.2 Å². The molecule has 1 aliphatic carbocycles. The number of carbonyl (C=O) groups is 1. The Morgan fingerprint density at radius 1 is 1.33 bits per heavy atom. The number of aryl methyl sites for hydroxylation is 2. The van der Waals surface area contributed by atoms with E-state index in [1.54, 1.807) is 6.07 Å². The molecule has 0 spiro atoms. The Morgan fingerprint density at radius 3 is 2.83 bits per heavy atom. The zero-order valence-corrected chi connectivity index (χ0v) is 11.4. The monoisotopic (exact) mass is 278 g/mol. The lowest BCUT2D eigenvalue weighted by Gasteiger charge is -2.18. The van der Waals surface area contributed by atoms with Crippen molar-refractivity contribution in [3.8, 4) is 10.4 Å². The highest BCUT2D eigenvalue weighted by atomic mass is 35.5. The van der Waals surface area contributed by atoms with E-state index in [1.165, 1.54) is 11.3 Å². The van der Waals surface area contributed by atoms with Crippen molar-refractivity contribution in [2.75, 3.05) is 0 Å². The predicted molar refractivity (Wildman–Crippen MR) is 73.9 cm³/mol. The van der Waals surface area contributed by atoms with Crippen LogP contribution in [-0.4, -0.2) is 11.1 Å². The Labute approximate surface area is 114 Å². The molecule has 0 bridgehead atoms. The van der Waals surface area contributed by atoms with E-state index in [2.05, 4.69) is 6.07 Å². The summed E-state index contributed by atoms with van der Waals surface area (Å²) in [6.07, 6.45) is 1.76. The number of rotatable bonds is 1. The van der Waals surface area contributed by atoms with Crippen LogP contribution >= 0.6 is 22.9 Å². The van der Waals surface area contributed by atoms with Crippen LogP contribution in [0.1, 0.15) is 26.4 Å². The van der Waals surface area contributed by atoms with Crippen LogP contribution in [-0.2, 0) is 12.8 Å². The summed E-state index contributed by atoms with van der Waals surface area (Å²) in [6.45, 7) is 2.01. The van der Waals surface area contributed by atoms with E-state index in [4.69, 9.17) is 16.7 Å². The molecule has 2 aromatic rings. The van der Waals surface area contributed by atoms with Crippen molar-refractivity contribution in [2.24, 2.45) is 0 Å². The largest absolute Gasteiger partial charge is 0.477 e. The van der Waals surface area contributed by atoms with Crippen LogP contribution < -0.4 is 0 Å². The quantitative estimate of drug-likeness (QED) is 0.850. The third kappa shape index (κ3) is 1.74. The standard InChI is InChI=1S/C14H11ClO2S/c1-7-4-10-9(11(15)5-7)3-2-8-6-12(14(16)17)18-13(8)10/h4-6H,2-3H2,1H3,(H,16,17). The molecule has 2 nitrogen and oxygen atoms in total. The molecule has 0 saturated carbocycles. The van der Waals surface area contributed by atoms with Gasteiger partial charge in [0.2, 0.25) is 0 Å². The summed E-state index contributed by atoms with van der Waals surface area (Å²) in [5.41, 5.74) is 4.50. The van der Waals surface area contributed by atoms with E-state index < -0.39 is 5.97 Å². The van der Waals surface area contributed by atoms with Crippen LogP contribution in [0.25, 0.3) is 10.4 Å². The molecule has 0 saturated heterocycles. The lowest BCUT2D eigenvalue weighted by atomic mass is 9.90. The minimum Gasteiger partial charge on any atom is -0.477 e. The minimum absolute atomic E-state index is 0.408. The third-order valence-electron chi connectivity index (χ3n) is 3.25. The summed E-state index contributed by atoms with van der Waals surface area (Å²) in [7, 11) is 0. The highest BCUT2D eigenvalue weighted by molar-refractivity contribution is 7.17. The molecule has 0 fully saturated rings. The first kappa shape index (κ1) is 11.8.